The predicted octanol–water partition coefficient (Wildman–Crippen LogP) is 4.04. The Hall–Kier alpha value is -2.96. The largest absolute Gasteiger partial charge is 0.396 e. The lowest BCUT2D eigenvalue weighted by molar-refractivity contribution is 0.0952. The van der Waals surface area contributed by atoms with Gasteiger partial charge in [-0.2, -0.15) is 0 Å². The summed E-state index contributed by atoms with van der Waals surface area (Å²) in [6, 6.07) is 16.4. The molecule has 144 valence electrons. The normalized spacial score (nSPS) is 10.5. The van der Waals surface area contributed by atoms with Crippen molar-refractivity contribution in [3.8, 4) is 11.3 Å². The van der Waals surface area contributed by atoms with Gasteiger partial charge < -0.3 is 15.7 Å². The first-order valence-corrected chi connectivity index (χ1v) is 9.38. The number of aromatic nitrogens is 2. The van der Waals surface area contributed by atoms with Crippen LogP contribution < -0.4 is 10.6 Å². The first-order chi connectivity index (χ1) is 13.7. The van der Waals surface area contributed by atoms with E-state index in [0.29, 0.717) is 29.5 Å². The molecule has 0 aliphatic rings. The molecule has 1 aromatic heterocycles. The van der Waals surface area contributed by atoms with Gasteiger partial charge in [0.15, 0.2) is 0 Å². The third-order valence-electron chi connectivity index (χ3n) is 4.07. The summed E-state index contributed by atoms with van der Waals surface area (Å²) >= 11 is 5.93. The topological polar surface area (TPSA) is 87.1 Å². The van der Waals surface area contributed by atoms with E-state index < -0.39 is 0 Å². The number of halogens is 1. The fraction of sp³-hybridized carbons (Fsp3) is 0.190. The molecule has 0 saturated heterocycles. The number of unbranched alkanes of at least 4 members (excludes halogenated alkanes) is 1. The first-order valence-electron chi connectivity index (χ1n) is 9.01. The lowest BCUT2D eigenvalue weighted by Crippen LogP contribution is -2.24. The Bertz CT molecular complexity index is 914. The predicted molar refractivity (Wildman–Crippen MR) is 111 cm³/mol. The minimum Gasteiger partial charge on any atom is -0.396 e. The zero-order valence-corrected chi connectivity index (χ0v) is 16.0. The maximum atomic E-state index is 12.1. The van der Waals surface area contributed by atoms with E-state index in [9.17, 15) is 4.79 Å². The van der Waals surface area contributed by atoms with Crippen LogP contribution in [0.15, 0.2) is 60.8 Å². The lowest BCUT2D eigenvalue weighted by Gasteiger charge is -2.08. The molecule has 0 aliphatic heterocycles. The average molecular weight is 397 g/mol. The van der Waals surface area contributed by atoms with Gasteiger partial charge in [0.05, 0.1) is 5.69 Å². The summed E-state index contributed by atoms with van der Waals surface area (Å²) < 4.78 is 0. The molecule has 0 fully saturated rings. The number of amides is 1. The molecule has 0 aliphatic carbocycles. The van der Waals surface area contributed by atoms with Gasteiger partial charge in [0.1, 0.15) is 0 Å². The van der Waals surface area contributed by atoms with Gasteiger partial charge in [-0.1, -0.05) is 23.7 Å². The lowest BCUT2D eigenvalue weighted by atomic mass is 10.1. The van der Waals surface area contributed by atoms with Crippen molar-refractivity contribution < 1.29 is 9.90 Å². The summed E-state index contributed by atoms with van der Waals surface area (Å²) in [5.41, 5.74) is 3.09. The summed E-state index contributed by atoms with van der Waals surface area (Å²) in [6.07, 6.45) is 3.12. The third kappa shape index (κ3) is 5.52. The number of carbonyl (C=O) groups excluding carboxylic acids is 1. The second kappa shape index (κ2) is 9.82. The fourth-order valence-electron chi connectivity index (χ4n) is 2.58. The van der Waals surface area contributed by atoms with E-state index in [2.05, 4.69) is 20.6 Å². The van der Waals surface area contributed by atoms with Crippen molar-refractivity contribution in [2.24, 2.45) is 0 Å². The molecular formula is C21H21ClN4O2. The highest BCUT2D eigenvalue weighted by atomic mass is 35.5. The SMILES string of the molecule is O=C(NCCCCO)c1ccc(Nc2nccc(-c3ccc(Cl)cc3)n2)cc1. The molecule has 6 nitrogen and oxygen atoms in total. The number of anilines is 2. The number of hydrogen-bond donors (Lipinski definition) is 3. The molecule has 3 N–H and O–H groups in total. The van der Waals surface area contributed by atoms with Crippen LogP contribution in [0, 0.1) is 0 Å². The van der Waals surface area contributed by atoms with Gasteiger partial charge in [0, 0.05) is 41.2 Å². The number of hydrogen-bond acceptors (Lipinski definition) is 5. The molecule has 0 bridgehead atoms. The molecule has 0 unspecified atom stereocenters. The second-order valence-electron chi connectivity index (χ2n) is 6.16. The van der Waals surface area contributed by atoms with Crippen LogP contribution in [0.3, 0.4) is 0 Å². The number of benzene rings is 2. The monoisotopic (exact) mass is 396 g/mol. The van der Waals surface area contributed by atoms with Crippen molar-refractivity contribution in [2.75, 3.05) is 18.5 Å². The second-order valence-corrected chi connectivity index (χ2v) is 6.60. The molecule has 28 heavy (non-hydrogen) atoms. The molecule has 3 rings (SSSR count). The molecule has 1 heterocycles. The van der Waals surface area contributed by atoms with Gasteiger partial charge >= 0.3 is 0 Å². The van der Waals surface area contributed by atoms with Gasteiger partial charge in [-0.3, -0.25) is 4.79 Å². The van der Waals surface area contributed by atoms with Gasteiger partial charge in [0.25, 0.3) is 5.91 Å². The average Bonchev–Trinajstić information content (AvgIpc) is 2.72. The number of nitrogens with one attached hydrogen (secondary N) is 2. The smallest absolute Gasteiger partial charge is 0.251 e. The van der Waals surface area contributed by atoms with E-state index in [4.69, 9.17) is 16.7 Å². The molecule has 0 spiro atoms. The quantitative estimate of drug-likeness (QED) is 0.500. The van der Waals surface area contributed by atoms with E-state index in [-0.39, 0.29) is 12.5 Å². The van der Waals surface area contributed by atoms with Crippen LogP contribution in [0.2, 0.25) is 5.02 Å². The maximum absolute atomic E-state index is 12.1. The molecule has 1 amide bonds. The van der Waals surface area contributed by atoms with Crippen molar-refractivity contribution in [1.82, 2.24) is 15.3 Å². The van der Waals surface area contributed by atoms with Gasteiger partial charge in [-0.25, -0.2) is 9.97 Å². The van der Waals surface area contributed by atoms with Crippen molar-refractivity contribution in [2.45, 2.75) is 12.8 Å². The van der Waals surface area contributed by atoms with Crippen molar-refractivity contribution in [3.63, 3.8) is 0 Å². The molecule has 0 atom stereocenters. The summed E-state index contributed by atoms with van der Waals surface area (Å²) in [5, 5.41) is 15.4. The van der Waals surface area contributed by atoms with Crippen molar-refractivity contribution in [3.05, 3.63) is 71.4 Å². The summed E-state index contributed by atoms with van der Waals surface area (Å²) in [5.74, 6) is 0.333. The maximum Gasteiger partial charge on any atom is 0.251 e. The highest BCUT2D eigenvalue weighted by molar-refractivity contribution is 6.30. The summed E-state index contributed by atoms with van der Waals surface area (Å²) in [4.78, 5) is 20.8. The van der Waals surface area contributed by atoms with Crippen LogP contribution in [0.4, 0.5) is 11.6 Å². The van der Waals surface area contributed by atoms with E-state index in [1.807, 2.05) is 30.3 Å². The third-order valence-corrected chi connectivity index (χ3v) is 4.32. The zero-order valence-electron chi connectivity index (χ0n) is 15.2. The number of aliphatic hydroxyl groups is 1. The molecule has 7 heteroatoms. The Kier molecular flexibility index (Phi) is 6.94. The molecular weight excluding hydrogens is 376 g/mol. The molecule has 0 saturated carbocycles. The Balaban J connectivity index is 1.63. The van der Waals surface area contributed by atoms with Crippen molar-refractivity contribution >= 4 is 29.1 Å². The van der Waals surface area contributed by atoms with Crippen LogP contribution in [-0.4, -0.2) is 34.1 Å². The minimum atomic E-state index is -0.134. The first kappa shape index (κ1) is 19.8. The number of carbonyl (C=O) groups is 1. The highest BCUT2D eigenvalue weighted by Gasteiger charge is 2.06. The van der Waals surface area contributed by atoms with Crippen LogP contribution in [0.1, 0.15) is 23.2 Å². The molecule has 0 radical (unpaired) electrons. The number of nitrogens with zero attached hydrogens (tertiary/aromatic N) is 2. The standard InChI is InChI=1S/C21H21ClN4O2/c22-17-7-3-15(4-8-17)19-11-13-24-21(26-19)25-18-9-5-16(6-10-18)20(28)23-12-1-2-14-27/h3-11,13,27H,1-2,12,14H2,(H,23,28)(H,24,25,26). The van der Waals surface area contributed by atoms with E-state index in [1.54, 1.807) is 30.5 Å². The van der Waals surface area contributed by atoms with Gasteiger partial charge in [-0.05, 0) is 55.3 Å². The van der Waals surface area contributed by atoms with Crippen LogP contribution in [0.25, 0.3) is 11.3 Å². The van der Waals surface area contributed by atoms with Gasteiger partial charge in [0.2, 0.25) is 5.95 Å². The molecule has 2 aromatic carbocycles. The minimum absolute atomic E-state index is 0.134. The van der Waals surface area contributed by atoms with E-state index in [1.165, 1.54) is 0 Å². The van der Waals surface area contributed by atoms with Gasteiger partial charge in [-0.15, -0.1) is 0 Å². The Labute approximate surface area is 168 Å². The fourth-order valence-corrected chi connectivity index (χ4v) is 2.70. The Morgan fingerprint density at radius 1 is 1.00 bits per heavy atom. The van der Waals surface area contributed by atoms with E-state index in [0.717, 1.165) is 23.4 Å². The summed E-state index contributed by atoms with van der Waals surface area (Å²) in [6.45, 7) is 0.683. The van der Waals surface area contributed by atoms with Crippen LogP contribution in [0.5, 0.6) is 0 Å². The highest BCUT2D eigenvalue weighted by Crippen LogP contribution is 2.21. The van der Waals surface area contributed by atoms with E-state index >= 15 is 0 Å². The van der Waals surface area contributed by atoms with Crippen molar-refractivity contribution in [1.29, 1.82) is 0 Å². The number of aliphatic hydroxyl groups excluding tert-OH is 1. The van der Waals surface area contributed by atoms with Crippen LogP contribution >= 0.6 is 11.6 Å². The van der Waals surface area contributed by atoms with Crippen LogP contribution in [-0.2, 0) is 0 Å². The zero-order chi connectivity index (χ0) is 19.8. The Morgan fingerprint density at radius 3 is 2.46 bits per heavy atom. The Morgan fingerprint density at radius 2 is 1.75 bits per heavy atom. The molecule has 3 aromatic rings. The number of rotatable bonds is 8. The summed E-state index contributed by atoms with van der Waals surface area (Å²) in [7, 11) is 0.